The molecule has 0 radical (unpaired) electrons. The van der Waals surface area contributed by atoms with Gasteiger partial charge in [-0.25, -0.2) is 0 Å². The van der Waals surface area contributed by atoms with E-state index in [-0.39, 0.29) is 11.8 Å². The highest BCUT2D eigenvalue weighted by molar-refractivity contribution is 5.73. The molecule has 0 aliphatic heterocycles. The first kappa shape index (κ1) is 13.0. The third-order valence-corrected chi connectivity index (χ3v) is 3.17. The van der Waals surface area contributed by atoms with Gasteiger partial charge in [-0.05, 0) is 31.1 Å². The molecule has 4 heteroatoms. The van der Waals surface area contributed by atoms with Gasteiger partial charge in [0.25, 0.3) is 0 Å². The number of amides is 2. The maximum Gasteiger partial charge on any atom is 0.216 e. The second-order valence-electron chi connectivity index (χ2n) is 4.77. The van der Waals surface area contributed by atoms with Crippen LogP contribution in [0.4, 0.5) is 0 Å². The molecule has 92 valence electrons. The summed E-state index contributed by atoms with van der Waals surface area (Å²) in [7, 11) is 0. The molecule has 0 spiro atoms. The van der Waals surface area contributed by atoms with E-state index < -0.39 is 0 Å². The van der Waals surface area contributed by atoms with Gasteiger partial charge in [-0.3, -0.25) is 9.59 Å². The van der Waals surface area contributed by atoms with Crippen LogP contribution < -0.4 is 10.6 Å². The molecule has 0 aromatic heterocycles. The lowest BCUT2D eigenvalue weighted by Gasteiger charge is -2.29. The van der Waals surface area contributed by atoms with Crippen LogP contribution in [0.5, 0.6) is 0 Å². The number of hydrogen-bond acceptors (Lipinski definition) is 2. The van der Waals surface area contributed by atoms with Gasteiger partial charge in [0.05, 0.1) is 0 Å². The molecule has 2 amide bonds. The summed E-state index contributed by atoms with van der Waals surface area (Å²) in [4.78, 5) is 21.6. The van der Waals surface area contributed by atoms with Crippen molar-refractivity contribution in [1.29, 1.82) is 0 Å². The van der Waals surface area contributed by atoms with Gasteiger partial charge in [0, 0.05) is 26.9 Å². The van der Waals surface area contributed by atoms with E-state index in [2.05, 4.69) is 10.6 Å². The van der Waals surface area contributed by atoms with Crippen molar-refractivity contribution in [2.45, 2.75) is 39.5 Å². The summed E-state index contributed by atoms with van der Waals surface area (Å²) >= 11 is 0. The van der Waals surface area contributed by atoms with Crippen LogP contribution in [0, 0.1) is 11.8 Å². The number of hydrogen-bond donors (Lipinski definition) is 2. The normalized spacial score (nSPS) is 24.9. The van der Waals surface area contributed by atoms with Crippen molar-refractivity contribution < 1.29 is 9.59 Å². The molecule has 4 nitrogen and oxygen atoms in total. The summed E-state index contributed by atoms with van der Waals surface area (Å²) in [5, 5.41) is 5.75. The van der Waals surface area contributed by atoms with Crippen LogP contribution in [0.15, 0.2) is 0 Å². The van der Waals surface area contributed by atoms with Gasteiger partial charge in [-0.2, -0.15) is 0 Å². The average Bonchev–Trinajstić information content (AvgIpc) is 2.24. The van der Waals surface area contributed by atoms with E-state index in [9.17, 15) is 9.59 Å². The molecular formula is C12H22N2O2. The molecule has 1 fully saturated rings. The summed E-state index contributed by atoms with van der Waals surface area (Å²) < 4.78 is 0. The first-order chi connectivity index (χ1) is 7.58. The minimum atomic E-state index is 0.0454. The maximum absolute atomic E-state index is 10.8. The largest absolute Gasteiger partial charge is 0.356 e. The van der Waals surface area contributed by atoms with Crippen molar-refractivity contribution in [3.8, 4) is 0 Å². The Hall–Kier alpha value is -1.06. The molecule has 1 aliphatic rings. The van der Waals surface area contributed by atoms with Crippen LogP contribution in [0.3, 0.4) is 0 Å². The Morgan fingerprint density at radius 2 is 1.44 bits per heavy atom. The highest BCUT2D eigenvalue weighted by Gasteiger charge is 2.21. The highest BCUT2D eigenvalue weighted by Crippen LogP contribution is 2.28. The van der Waals surface area contributed by atoms with E-state index >= 15 is 0 Å². The second kappa shape index (κ2) is 6.51. The fourth-order valence-electron chi connectivity index (χ4n) is 2.35. The molecule has 1 rings (SSSR count). The van der Waals surface area contributed by atoms with Gasteiger partial charge >= 0.3 is 0 Å². The van der Waals surface area contributed by atoms with Gasteiger partial charge in [-0.15, -0.1) is 0 Å². The molecule has 1 aliphatic carbocycles. The molecule has 0 aromatic carbocycles. The first-order valence-electron chi connectivity index (χ1n) is 6.06. The van der Waals surface area contributed by atoms with Crippen LogP contribution >= 0.6 is 0 Å². The zero-order valence-electron chi connectivity index (χ0n) is 10.2. The van der Waals surface area contributed by atoms with E-state index in [1.165, 1.54) is 19.3 Å². The molecule has 0 aromatic rings. The summed E-state index contributed by atoms with van der Waals surface area (Å²) in [6.07, 6.45) is 4.70. The molecule has 0 heterocycles. The number of carbonyl (C=O) groups is 2. The summed E-state index contributed by atoms with van der Waals surface area (Å²) in [5.74, 6) is 1.25. The lowest BCUT2D eigenvalue weighted by molar-refractivity contribution is -0.119. The Labute approximate surface area is 97.2 Å². The molecule has 1 saturated carbocycles. The third-order valence-electron chi connectivity index (χ3n) is 3.17. The molecule has 2 atom stereocenters. The third kappa shape index (κ3) is 5.14. The van der Waals surface area contributed by atoms with Gasteiger partial charge in [0.15, 0.2) is 0 Å². The predicted octanol–water partition coefficient (Wildman–Crippen LogP) is 1.06. The van der Waals surface area contributed by atoms with Gasteiger partial charge < -0.3 is 10.6 Å². The summed E-state index contributed by atoms with van der Waals surface area (Å²) in [5.41, 5.74) is 0. The van der Waals surface area contributed by atoms with Gasteiger partial charge in [0.2, 0.25) is 11.8 Å². The van der Waals surface area contributed by atoms with Gasteiger partial charge in [0.1, 0.15) is 0 Å². The predicted molar refractivity (Wildman–Crippen MR) is 62.8 cm³/mol. The monoisotopic (exact) mass is 226 g/mol. The standard InChI is InChI=1S/C12H22N2O2/c1-9(15)13-7-11-4-3-5-12(6-11)8-14-10(2)16/h11-12H,3-8H2,1-2H3,(H,13,15)(H,14,16)/t11-,12-/m1/s1. The van der Waals surface area contributed by atoms with Crippen molar-refractivity contribution in [2.24, 2.45) is 11.8 Å². The average molecular weight is 226 g/mol. The Morgan fingerprint density at radius 3 is 1.81 bits per heavy atom. The van der Waals surface area contributed by atoms with Crippen LogP contribution in [0.2, 0.25) is 0 Å². The zero-order valence-corrected chi connectivity index (χ0v) is 10.2. The van der Waals surface area contributed by atoms with E-state index in [4.69, 9.17) is 0 Å². The van der Waals surface area contributed by atoms with E-state index in [0.717, 1.165) is 19.5 Å². The second-order valence-corrected chi connectivity index (χ2v) is 4.77. The van der Waals surface area contributed by atoms with Gasteiger partial charge in [-0.1, -0.05) is 6.42 Å². The van der Waals surface area contributed by atoms with Crippen molar-refractivity contribution in [3.63, 3.8) is 0 Å². The Kier molecular flexibility index (Phi) is 5.29. The summed E-state index contributed by atoms with van der Waals surface area (Å²) in [6, 6.07) is 0. The highest BCUT2D eigenvalue weighted by atomic mass is 16.2. The zero-order chi connectivity index (χ0) is 12.0. The fraction of sp³-hybridized carbons (Fsp3) is 0.833. The smallest absolute Gasteiger partial charge is 0.216 e. The molecule has 0 bridgehead atoms. The molecule has 0 unspecified atom stereocenters. The summed E-state index contributed by atoms with van der Waals surface area (Å²) in [6.45, 7) is 4.67. The molecule has 16 heavy (non-hydrogen) atoms. The minimum Gasteiger partial charge on any atom is -0.356 e. The minimum absolute atomic E-state index is 0.0454. The van der Waals surface area contributed by atoms with Crippen LogP contribution in [0.25, 0.3) is 0 Å². The maximum atomic E-state index is 10.8. The lowest BCUT2D eigenvalue weighted by atomic mass is 9.81. The fourth-order valence-corrected chi connectivity index (χ4v) is 2.35. The number of carbonyl (C=O) groups excluding carboxylic acids is 2. The Morgan fingerprint density at radius 1 is 1.00 bits per heavy atom. The SMILES string of the molecule is CC(=O)NC[C@@H]1CCC[C@@H](CNC(C)=O)C1. The van der Waals surface area contributed by atoms with Crippen molar-refractivity contribution >= 4 is 11.8 Å². The topological polar surface area (TPSA) is 58.2 Å². The first-order valence-corrected chi connectivity index (χ1v) is 6.06. The molecule has 0 saturated heterocycles. The van der Waals surface area contributed by atoms with Crippen molar-refractivity contribution in [2.75, 3.05) is 13.1 Å². The van der Waals surface area contributed by atoms with Crippen molar-refractivity contribution in [3.05, 3.63) is 0 Å². The van der Waals surface area contributed by atoms with E-state index in [0.29, 0.717) is 11.8 Å². The Balaban J connectivity index is 2.24. The van der Waals surface area contributed by atoms with E-state index in [1.54, 1.807) is 13.8 Å². The molecule has 2 N–H and O–H groups in total. The molecular weight excluding hydrogens is 204 g/mol. The van der Waals surface area contributed by atoms with E-state index in [1.807, 2.05) is 0 Å². The number of nitrogens with one attached hydrogen (secondary N) is 2. The van der Waals surface area contributed by atoms with Crippen LogP contribution in [0.1, 0.15) is 39.5 Å². The van der Waals surface area contributed by atoms with Crippen molar-refractivity contribution in [1.82, 2.24) is 10.6 Å². The van der Waals surface area contributed by atoms with Crippen LogP contribution in [-0.4, -0.2) is 24.9 Å². The lowest BCUT2D eigenvalue weighted by Crippen LogP contribution is -2.34. The Bertz CT molecular complexity index is 229. The number of rotatable bonds is 4. The van der Waals surface area contributed by atoms with Crippen LogP contribution in [-0.2, 0) is 9.59 Å². The quantitative estimate of drug-likeness (QED) is 0.753.